The molecule has 1 atom stereocenters. The van der Waals surface area contributed by atoms with Gasteiger partial charge < -0.3 is 5.32 Å². The van der Waals surface area contributed by atoms with Crippen LogP contribution >= 0.6 is 0 Å². The summed E-state index contributed by atoms with van der Waals surface area (Å²) in [5.74, 6) is -0.338. The Morgan fingerprint density at radius 2 is 1.80 bits per heavy atom. The average molecular weight is 360 g/mol. The van der Waals surface area contributed by atoms with Crippen LogP contribution < -0.4 is 9.62 Å². The number of rotatable bonds is 6. The van der Waals surface area contributed by atoms with Crippen LogP contribution in [-0.4, -0.2) is 26.6 Å². The van der Waals surface area contributed by atoms with E-state index in [1.165, 1.54) is 0 Å². The van der Waals surface area contributed by atoms with Gasteiger partial charge in [-0.25, -0.2) is 8.42 Å². The molecule has 5 nitrogen and oxygen atoms in total. The van der Waals surface area contributed by atoms with Crippen LogP contribution in [0.5, 0.6) is 0 Å². The van der Waals surface area contributed by atoms with Gasteiger partial charge in [0.1, 0.15) is 6.04 Å². The number of sulfonamides is 1. The van der Waals surface area contributed by atoms with Crippen LogP contribution in [0, 0.1) is 13.8 Å². The molecule has 0 aromatic heterocycles. The molecular weight excluding hydrogens is 336 g/mol. The fourth-order valence-corrected chi connectivity index (χ4v) is 3.88. The Labute approximate surface area is 149 Å². The van der Waals surface area contributed by atoms with E-state index in [2.05, 4.69) is 5.32 Å². The van der Waals surface area contributed by atoms with Gasteiger partial charge in [-0.2, -0.15) is 0 Å². The highest BCUT2D eigenvalue weighted by Gasteiger charge is 2.29. The second kappa shape index (κ2) is 7.70. The maximum absolute atomic E-state index is 12.6. The molecule has 0 saturated carbocycles. The molecule has 1 amide bonds. The van der Waals surface area contributed by atoms with Gasteiger partial charge in [0.25, 0.3) is 0 Å². The molecular formula is C19H24N2O3S. The van der Waals surface area contributed by atoms with E-state index in [4.69, 9.17) is 0 Å². The zero-order valence-electron chi connectivity index (χ0n) is 15.0. The minimum absolute atomic E-state index is 0.338. The Morgan fingerprint density at radius 3 is 2.40 bits per heavy atom. The summed E-state index contributed by atoms with van der Waals surface area (Å²) < 4.78 is 25.7. The van der Waals surface area contributed by atoms with Crippen molar-refractivity contribution in [2.24, 2.45) is 0 Å². The third-order valence-corrected chi connectivity index (χ3v) is 5.30. The van der Waals surface area contributed by atoms with Gasteiger partial charge in [-0.3, -0.25) is 9.10 Å². The van der Waals surface area contributed by atoms with Gasteiger partial charge in [-0.05, 0) is 49.6 Å². The van der Waals surface area contributed by atoms with E-state index in [0.29, 0.717) is 12.2 Å². The topological polar surface area (TPSA) is 66.5 Å². The number of nitrogens with zero attached hydrogens (tertiary/aromatic N) is 1. The third-order valence-electron chi connectivity index (χ3n) is 4.06. The number of nitrogens with one attached hydrogen (secondary N) is 1. The van der Waals surface area contributed by atoms with Crippen LogP contribution in [0.25, 0.3) is 0 Å². The summed E-state index contributed by atoms with van der Waals surface area (Å²) in [4.78, 5) is 12.6. The number of hydrogen-bond donors (Lipinski definition) is 1. The van der Waals surface area contributed by atoms with Crippen LogP contribution in [0.3, 0.4) is 0 Å². The molecule has 25 heavy (non-hydrogen) atoms. The van der Waals surface area contributed by atoms with E-state index in [0.717, 1.165) is 27.3 Å². The molecule has 6 heteroatoms. The van der Waals surface area contributed by atoms with Crippen LogP contribution in [0.1, 0.15) is 23.6 Å². The van der Waals surface area contributed by atoms with Crippen molar-refractivity contribution in [1.29, 1.82) is 0 Å². The predicted molar refractivity (Wildman–Crippen MR) is 101 cm³/mol. The minimum atomic E-state index is -3.60. The summed E-state index contributed by atoms with van der Waals surface area (Å²) in [5.41, 5.74) is 3.50. The molecule has 0 saturated heterocycles. The molecule has 0 aliphatic rings. The summed E-state index contributed by atoms with van der Waals surface area (Å²) in [7, 11) is -3.60. The maximum Gasteiger partial charge on any atom is 0.243 e. The minimum Gasteiger partial charge on any atom is -0.350 e. The summed E-state index contributed by atoms with van der Waals surface area (Å²) in [6, 6.07) is 14.0. The lowest BCUT2D eigenvalue weighted by Crippen LogP contribution is -2.47. The van der Waals surface area contributed by atoms with E-state index >= 15 is 0 Å². The highest BCUT2D eigenvalue weighted by molar-refractivity contribution is 7.92. The quantitative estimate of drug-likeness (QED) is 0.861. The van der Waals surface area contributed by atoms with E-state index in [-0.39, 0.29) is 5.91 Å². The van der Waals surface area contributed by atoms with Crippen LogP contribution in [0.15, 0.2) is 48.5 Å². The number of hydrogen-bond acceptors (Lipinski definition) is 3. The molecule has 0 bridgehead atoms. The van der Waals surface area contributed by atoms with E-state index < -0.39 is 16.1 Å². The number of carbonyl (C=O) groups excluding carboxylic acids is 1. The fraction of sp³-hybridized carbons (Fsp3) is 0.316. The Bertz CT molecular complexity index is 862. The third kappa shape index (κ3) is 4.82. The molecule has 0 radical (unpaired) electrons. The molecule has 2 aromatic rings. The molecule has 2 rings (SSSR count). The summed E-state index contributed by atoms with van der Waals surface area (Å²) >= 11 is 0. The van der Waals surface area contributed by atoms with Gasteiger partial charge in [0, 0.05) is 6.54 Å². The monoisotopic (exact) mass is 360 g/mol. The van der Waals surface area contributed by atoms with Crippen molar-refractivity contribution in [1.82, 2.24) is 5.32 Å². The average Bonchev–Trinajstić information content (AvgIpc) is 2.52. The second-order valence-corrected chi connectivity index (χ2v) is 8.08. The van der Waals surface area contributed by atoms with Gasteiger partial charge in [-0.1, -0.05) is 36.4 Å². The molecule has 134 valence electrons. The fourth-order valence-electron chi connectivity index (χ4n) is 2.71. The van der Waals surface area contributed by atoms with Crippen LogP contribution in [0.4, 0.5) is 5.69 Å². The SMILES string of the molecule is Cc1cccc(N([C@H](C)C(=O)NCc2ccccc2C)S(C)(=O)=O)c1. The molecule has 0 aliphatic carbocycles. The summed E-state index contributed by atoms with van der Waals surface area (Å²) in [6.07, 6.45) is 1.11. The summed E-state index contributed by atoms with van der Waals surface area (Å²) in [6.45, 7) is 5.81. The lowest BCUT2D eigenvalue weighted by molar-refractivity contribution is -0.122. The van der Waals surface area contributed by atoms with Crippen molar-refractivity contribution in [3.63, 3.8) is 0 Å². The maximum atomic E-state index is 12.6. The van der Waals surface area contributed by atoms with Crippen molar-refractivity contribution in [3.05, 3.63) is 65.2 Å². The molecule has 0 aliphatic heterocycles. The number of benzene rings is 2. The Balaban J connectivity index is 2.20. The first-order valence-corrected chi connectivity index (χ1v) is 9.93. The largest absolute Gasteiger partial charge is 0.350 e. The molecule has 0 spiro atoms. The first kappa shape index (κ1) is 19.0. The standard InChI is InChI=1S/C19H24N2O3S/c1-14-8-7-11-18(12-14)21(25(4,23)24)16(3)19(22)20-13-17-10-6-5-9-15(17)2/h5-12,16H,13H2,1-4H3,(H,20,22)/t16-/m1/s1. The van der Waals surface area contributed by atoms with E-state index in [9.17, 15) is 13.2 Å². The summed E-state index contributed by atoms with van der Waals surface area (Å²) in [5, 5.41) is 2.83. The van der Waals surface area contributed by atoms with Gasteiger partial charge >= 0.3 is 0 Å². The van der Waals surface area contributed by atoms with Gasteiger partial charge in [0.2, 0.25) is 15.9 Å². The Kier molecular flexibility index (Phi) is 5.85. The lowest BCUT2D eigenvalue weighted by Gasteiger charge is -2.28. The van der Waals surface area contributed by atoms with Crippen molar-refractivity contribution in [2.75, 3.05) is 10.6 Å². The second-order valence-electron chi connectivity index (χ2n) is 6.22. The van der Waals surface area contributed by atoms with Crippen molar-refractivity contribution in [3.8, 4) is 0 Å². The lowest BCUT2D eigenvalue weighted by atomic mass is 10.1. The number of carbonyl (C=O) groups is 1. The molecule has 1 N–H and O–H groups in total. The molecule has 0 fully saturated rings. The van der Waals surface area contributed by atoms with Crippen molar-refractivity contribution < 1.29 is 13.2 Å². The van der Waals surface area contributed by atoms with Gasteiger partial charge in [0.05, 0.1) is 11.9 Å². The smallest absolute Gasteiger partial charge is 0.243 e. The molecule has 0 heterocycles. The zero-order valence-corrected chi connectivity index (χ0v) is 15.8. The Morgan fingerprint density at radius 1 is 1.12 bits per heavy atom. The first-order valence-electron chi connectivity index (χ1n) is 8.08. The zero-order chi connectivity index (χ0) is 18.6. The molecule has 2 aromatic carbocycles. The molecule has 0 unspecified atom stereocenters. The predicted octanol–water partition coefficient (Wildman–Crippen LogP) is 2.77. The highest BCUT2D eigenvalue weighted by Crippen LogP contribution is 2.22. The normalized spacial score (nSPS) is 12.5. The van der Waals surface area contributed by atoms with Gasteiger partial charge in [0.15, 0.2) is 0 Å². The van der Waals surface area contributed by atoms with Crippen LogP contribution in [-0.2, 0) is 21.4 Å². The van der Waals surface area contributed by atoms with Crippen LogP contribution in [0.2, 0.25) is 0 Å². The number of amides is 1. The number of anilines is 1. The van der Waals surface area contributed by atoms with Gasteiger partial charge in [-0.15, -0.1) is 0 Å². The van der Waals surface area contributed by atoms with E-state index in [1.807, 2.05) is 44.2 Å². The van der Waals surface area contributed by atoms with E-state index in [1.54, 1.807) is 25.1 Å². The first-order chi connectivity index (χ1) is 11.7. The number of aryl methyl sites for hydroxylation is 2. The van der Waals surface area contributed by atoms with Crippen molar-refractivity contribution >= 4 is 21.6 Å². The van der Waals surface area contributed by atoms with Crippen molar-refractivity contribution in [2.45, 2.75) is 33.4 Å². The Hall–Kier alpha value is -2.34. The highest BCUT2D eigenvalue weighted by atomic mass is 32.2.